The third kappa shape index (κ3) is 6.28. The number of hydrogen-bond donors (Lipinski definition) is 2. The molecule has 0 unspecified atom stereocenters. The first kappa shape index (κ1) is 20.2. The van der Waals surface area contributed by atoms with E-state index in [1.54, 1.807) is 24.3 Å². The van der Waals surface area contributed by atoms with Crippen LogP contribution >= 0.6 is 58.0 Å². The number of benzene rings is 2. The average Bonchev–Trinajstić information content (AvgIpc) is 2.56. The fourth-order valence-corrected chi connectivity index (χ4v) is 2.58. The molecule has 25 heavy (non-hydrogen) atoms. The zero-order valence-electron chi connectivity index (χ0n) is 12.6. The monoisotopic (exact) mass is 436 g/mol. The number of rotatable bonds is 5. The molecule has 0 aliphatic rings. The molecule has 2 aromatic carbocycles. The number of hydrogen-bond acceptors (Lipinski definition) is 2. The minimum Gasteiger partial charge on any atom is -0.361 e. The summed E-state index contributed by atoms with van der Waals surface area (Å²) >= 11 is 29.9. The number of nitrogens with one attached hydrogen (secondary N) is 2. The van der Waals surface area contributed by atoms with Crippen LogP contribution in [0.3, 0.4) is 0 Å². The highest BCUT2D eigenvalue weighted by Crippen LogP contribution is 2.35. The van der Waals surface area contributed by atoms with Crippen molar-refractivity contribution in [3.63, 3.8) is 0 Å². The van der Waals surface area contributed by atoms with E-state index in [0.29, 0.717) is 10.7 Å². The molecule has 0 radical (unpaired) electrons. The summed E-state index contributed by atoms with van der Waals surface area (Å²) in [5, 5.41) is 6.07. The van der Waals surface area contributed by atoms with Crippen LogP contribution in [0.1, 0.15) is 5.56 Å². The number of anilines is 1. The summed E-state index contributed by atoms with van der Waals surface area (Å²) in [5.41, 5.74) is 1.30. The van der Waals surface area contributed by atoms with Crippen LogP contribution in [0.2, 0.25) is 10.0 Å². The Hall–Kier alpha value is -1.10. The maximum atomic E-state index is 12.1. The lowest BCUT2D eigenvalue weighted by Gasteiger charge is -2.27. The lowest BCUT2D eigenvalue weighted by Crippen LogP contribution is -2.48. The number of halogens is 5. The number of amides is 1. The topological polar surface area (TPSA) is 41.1 Å². The molecule has 2 rings (SSSR count). The fourth-order valence-electron chi connectivity index (χ4n) is 1.90. The molecule has 2 aromatic rings. The lowest BCUT2D eigenvalue weighted by molar-refractivity contribution is -0.116. The first-order valence-electron chi connectivity index (χ1n) is 7.08. The summed E-state index contributed by atoms with van der Waals surface area (Å²) in [6, 6.07) is 14.3. The van der Waals surface area contributed by atoms with Gasteiger partial charge in [-0.15, -0.1) is 0 Å². The van der Waals surface area contributed by atoms with E-state index in [-0.39, 0.29) is 5.02 Å². The Balaban J connectivity index is 2.11. The predicted octanol–water partition coefficient (Wildman–Crippen LogP) is 5.93. The molecule has 0 bridgehead atoms. The van der Waals surface area contributed by atoms with Crippen LogP contribution in [0, 0.1) is 0 Å². The van der Waals surface area contributed by atoms with E-state index >= 15 is 0 Å². The molecule has 0 saturated carbocycles. The van der Waals surface area contributed by atoms with Crippen molar-refractivity contribution in [1.29, 1.82) is 0 Å². The smallest absolute Gasteiger partial charge is 0.245 e. The van der Waals surface area contributed by atoms with Crippen LogP contribution in [0.5, 0.6) is 0 Å². The third-order valence-corrected chi connectivity index (χ3v) is 4.57. The highest BCUT2D eigenvalue weighted by atomic mass is 35.6. The molecule has 0 saturated heterocycles. The highest BCUT2D eigenvalue weighted by molar-refractivity contribution is 6.68. The van der Waals surface area contributed by atoms with Gasteiger partial charge in [-0.05, 0) is 23.8 Å². The Labute approximate surface area is 170 Å². The Kier molecular flexibility index (Phi) is 7.29. The van der Waals surface area contributed by atoms with Crippen molar-refractivity contribution < 1.29 is 4.79 Å². The first-order chi connectivity index (χ1) is 11.8. The van der Waals surface area contributed by atoms with Gasteiger partial charge in [0.25, 0.3) is 0 Å². The fraction of sp³-hybridized carbons (Fsp3) is 0.118. The van der Waals surface area contributed by atoms with Gasteiger partial charge >= 0.3 is 0 Å². The van der Waals surface area contributed by atoms with Crippen molar-refractivity contribution in [2.24, 2.45) is 0 Å². The maximum Gasteiger partial charge on any atom is 0.245 e. The lowest BCUT2D eigenvalue weighted by atomic mass is 10.2. The molecule has 0 fully saturated rings. The normalized spacial score (nSPS) is 12.8. The minimum atomic E-state index is -1.82. The molecule has 2 N–H and O–H groups in total. The minimum absolute atomic E-state index is 0.262. The van der Waals surface area contributed by atoms with Gasteiger partial charge in [0, 0.05) is 6.08 Å². The van der Waals surface area contributed by atoms with Crippen LogP contribution in [0.15, 0.2) is 54.6 Å². The van der Waals surface area contributed by atoms with Crippen LogP contribution in [0.25, 0.3) is 6.08 Å². The van der Waals surface area contributed by atoms with Crippen LogP contribution < -0.4 is 10.6 Å². The van der Waals surface area contributed by atoms with E-state index < -0.39 is 15.9 Å². The van der Waals surface area contributed by atoms with E-state index in [2.05, 4.69) is 10.6 Å². The van der Waals surface area contributed by atoms with Gasteiger partial charge in [0.2, 0.25) is 9.70 Å². The summed E-state index contributed by atoms with van der Waals surface area (Å²) in [6.07, 6.45) is 1.97. The maximum absolute atomic E-state index is 12.1. The molecule has 0 aliphatic carbocycles. The van der Waals surface area contributed by atoms with E-state index in [0.717, 1.165) is 5.56 Å². The second kappa shape index (κ2) is 9.02. The van der Waals surface area contributed by atoms with Gasteiger partial charge in [-0.2, -0.15) is 0 Å². The highest BCUT2D eigenvalue weighted by Gasteiger charge is 2.34. The van der Waals surface area contributed by atoms with Crippen molar-refractivity contribution in [2.75, 3.05) is 5.32 Å². The Bertz CT molecular complexity index is 759. The van der Waals surface area contributed by atoms with E-state index in [4.69, 9.17) is 58.0 Å². The molecule has 132 valence electrons. The SMILES string of the molecule is O=C(/C=C/c1ccccc1)N[C@@H](Nc1cccc(Cl)c1Cl)C(Cl)(Cl)Cl. The number of carbonyl (C=O) groups is 1. The number of carbonyl (C=O) groups excluding carboxylic acids is 1. The van der Waals surface area contributed by atoms with Gasteiger partial charge in [-0.25, -0.2) is 0 Å². The van der Waals surface area contributed by atoms with Crippen LogP contribution in [-0.2, 0) is 4.79 Å². The van der Waals surface area contributed by atoms with E-state index in [1.165, 1.54) is 6.08 Å². The summed E-state index contributed by atoms with van der Waals surface area (Å²) in [5.74, 6) is -0.439. The Morgan fingerprint density at radius 3 is 2.32 bits per heavy atom. The second-order valence-corrected chi connectivity index (χ2v) is 8.13. The van der Waals surface area contributed by atoms with Crippen molar-refractivity contribution >= 4 is 75.7 Å². The molecule has 1 amide bonds. The zero-order chi connectivity index (χ0) is 18.4. The van der Waals surface area contributed by atoms with Gasteiger partial charge in [0.05, 0.1) is 15.7 Å². The summed E-state index contributed by atoms with van der Waals surface area (Å²) in [6.45, 7) is 0. The second-order valence-electron chi connectivity index (χ2n) is 4.97. The largest absolute Gasteiger partial charge is 0.361 e. The summed E-state index contributed by atoms with van der Waals surface area (Å²) in [4.78, 5) is 12.1. The Morgan fingerprint density at radius 1 is 1.00 bits per heavy atom. The molecule has 3 nitrogen and oxygen atoms in total. The molecule has 8 heteroatoms. The molecular formula is C17H13Cl5N2O. The molecular weight excluding hydrogens is 425 g/mol. The molecule has 1 atom stereocenters. The summed E-state index contributed by atoms with van der Waals surface area (Å²) in [7, 11) is 0. The average molecular weight is 439 g/mol. The quantitative estimate of drug-likeness (QED) is 0.345. The Morgan fingerprint density at radius 2 is 1.68 bits per heavy atom. The van der Waals surface area contributed by atoms with E-state index in [1.807, 2.05) is 30.3 Å². The van der Waals surface area contributed by atoms with E-state index in [9.17, 15) is 4.79 Å². The van der Waals surface area contributed by atoms with Crippen LogP contribution in [-0.4, -0.2) is 15.9 Å². The van der Waals surface area contributed by atoms with Crippen molar-refractivity contribution in [2.45, 2.75) is 9.96 Å². The van der Waals surface area contributed by atoms with Crippen LogP contribution in [0.4, 0.5) is 5.69 Å². The molecule has 0 spiro atoms. The molecule has 0 aliphatic heterocycles. The van der Waals surface area contributed by atoms with Gasteiger partial charge in [0.1, 0.15) is 6.17 Å². The van der Waals surface area contributed by atoms with Gasteiger partial charge < -0.3 is 10.6 Å². The van der Waals surface area contributed by atoms with Gasteiger partial charge in [0.15, 0.2) is 0 Å². The van der Waals surface area contributed by atoms with Crippen molar-refractivity contribution in [3.8, 4) is 0 Å². The van der Waals surface area contributed by atoms with Crippen molar-refractivity contribution in [1.82, 2.24) is 5.32 Å². The predicted molar refractivity (Wildman–Crippen MR) is 108 cm³/mol. The van der Waals surface area contributed by atoms with Crippen molar-refractivity contribution in [3.05, 3.63) is 70.2 Å². The zero-order valence-corrected chi connectivity index (χ0v) is 16.4. The van der Waals surface area contributed by atoms with Gasteiger partial charge in [-0.3, -0.25) is 4.79 Å². The third-order valence-electron chi connectivity index (χ3n) is 3.09. The molecule has 0 aromatic heterocycles. The standard InChI is InChI=1S/C17H13Cl5N2O/c18-12-7-4-8-13(15(12)19)23-16(17(20,21)22)24-14(25)10-9-11-5-2-1-3-6-11/h1-10,16,23H,(H,24,25)/b10-9+/t16-/m1/s1. The molecule has 0 heterocycles. The summed E-state index contributed by atoms with van der Waals surface area (Å²) < 4.78 is -1.82. The number of alkyl halides is 3. The van der Waals surface area contributed by atoms with Gasteiger partial charge in [-0.1, -0.05) is 94.4 Å². The first-order valence-corrected chi connectivity index (χ1v) is 8.97.